The average molecular weight is 261 g/mol. The monoisotopic (exact) mass is 261 g/mol. The molecule has 19 heavy (non-hydrogen) atoms. The summed E-state index contributed by atoms with van der Waals surface area (Å²) in [5, 5.41) is 3.62. The Morgan fingerprint density at radius 3 is 3.11 bits per heavy atom. The van der Waals surface area contributed by atoms with Gasteiger partial charge in [0.25, 0.3) is 0 Å². The van der Waals surface area contributed by atoms with E-state index in [9.17, 15) is 0 Å². The van der Waals surface area contributed by atoms with Crippen molar-refractivity contribution in [1.82, 2.24) is 5.32 Å². The fourth-order valence-corrected chi connectivity index (χ4v) is 3.29. The van der Waals surface area contributed by atoms with Gasteiger partial charge in [-0.1, -0.05) is 17.7 Å². The molecule has 3 nitrogen and oxygen atoms in total. The first-order valence-corrected chi connectivity index (χ1v) is 7.28. The van der Waals surface area contributed by atoms with Crippen molar-refractivity contribution in [1.29, 1.82) is 0 Å². The molecule has 1 heterocycles. The van der Waals surface area contributed by atoms with Gasteiger partial charge in [0.05, 0.1) is 6.10 Å². The van der Waals surface area contributed by atoms with Crippen LogP contribution in [0.2, 0.25) is 0 Å². The number of nitrogens with one attached hydrogen (secondary N) is 1. The molecule has 1 saturated carbocycles. The van der Waals surface area contributed by atoms with Crippen molar-refractivity contribution in [3.63, 3.8) is 0 Å². The van der Waals surface area contributed by atoms with Gasteiger partial charge >= 0.3 is 0 Å². The Labute approximate surface area is 115 Å². The summed E-state index contributed by atoms with van der Waals surface area (Å²) in [4.78, 5) is 0. The van der Waals surface area contributed by atoms with Gasteiger partial charge in [-0.3, -0.25) is 0 Å². The number of rotatable bonds is 4. The van der Waals surface area contributed by atoms with E-state index in [-0.39, 0.29) is 6.10 Å². The lowest BCUT2D eigenvalue weighted by atomic mass is 10.1. The predicted octanol–water partition coefficient (Wildman–Crippen LogP) is 2.46. The van der Waals surface area contributed by atoms with Crippen LogP contribution in [0.25, 0.3) is 0 Å². The molecule has 0 spiro atoms. The van der Waals surface area contributed by atoms with E-state index in [4.69, 9.17) is 9.47 Å². The molecule has 1 aromatic rings. The van der Waals surface area contributed by atoms with E-state index in [0.29, 0.717) is 12.1 Å². The molecule has 1 aliphatic heterocycles. The minimum absolute atomic E-state index is 0.273. The predicted molar refractivity (Wildman–Crippen MR) is 75.7 cm³/mol. The van der Waals surface area contributed by atoms with E-state index in [1.807, 2.05) is 7.11 Å². The summed E-state index contributed by atoms with van der Waals surface area (Å²) in [5.41, 5.74) is 2.66. The van der Waals surface area contributed by atoms with Crippen LogP contribution in [-0.2, 0) is 11.2 Å². The first-order chi connectivity index (χ1) is 9.26. The van der Waals surface area contributed by atoms with Crippen molar-refractivity contribution in [2.24, 2.45) is 0 Å². The Hall–Kier alpha value is -1.06. The number of hydrogen-bond donors (Lipinski definition) is 1. The van der Waals surface area contributed by atoms with Crippen LogP contribution in [0.3, 0.4) is 0 Å². The molecule has 3 heteroatoms. The Morgan fingerprint density at radius 1 is 1.37 bits per heavy atom. The molecule has 2 aliphatic rings. The van der Waals surface area contributed by atoms with E-state index in [0.717, 1.165) is 18.7 Å². The molecular formula is C16H23NO2. The molecule has 104 valence electrons. The molecule has 0 saturated heterocycles. The summed E-state index contributed by atoms with van der Waals surface area (Å²) in [7, 11) is 1.81. The Bertz CT molecular complexity index is 446. The van der Waals surface area contributed by atoms with Gasteiger partial charge in [0.15, 0.2) is 0 Å². The summed E-state index contributed by atoms with van der Waals surface area (Å²) in [6.07, 6.45) is 5.34. The van der Waals surface area contributed by atoms with Gasteiger partial charge in [0.1, 0.15) is 11.9 Å². The van der Waals surface area contributed by atoms with Gasteiger partial charge < -0.3 is 14.8 Å². The SMILES string of the molecule is COC1CCCC1NCC1Cc2cc(C)ccc2O1. The molecule has 1 fully saturated rings. The molecule has 0 aromatic heterocycles. The molecule has 1 aromatic carbocycles. The highest BCUT2D eigenvalue weighted by molar-refractivity contribution is 5.40. The van der Waals surface area contributed by atoms with E-state index in [1.165, 1.54) is 30.4 Å². The van der Waals surface area contributed by atoms with Crippen molar-refractivity contribution in [3.05, 3.63) is 29.3 Å². The summed E-state index contributed by atoms with van der Waals surface area (Å²) in [6, 6.07) is 6.95. The second kappa shape index (κ2) is 5.51. The van der Waals surface area contributed by atoms with E-state index >= 15 is 0 Å². The number of benzene rings is 1. The first-order valence-electron chi connectivity index (χ1n) is 7.28. The highest BCUT2D eigenvalue weighted by atomic mass is 16.5. The number of hydrogen-bond acceptors (Lipinski definition) is 3. The molecule has 0 bridgehead atoms. The van der Waals surface area contributed by atoms with Crippen molar-refractivity contribution in [3.8, 4) is 5.75 Å². The average Bonchev–Trinajstić information content (AvgIpc) is 3.01. The standard InChI is InChI=1S/C16H23NO2/c1-11-6-7-15-12(8-11)9-13(19-15)10-17-14-4-3-5-16(14)18-2/h6-8,13-14,16-17H,3-5,9-10H2,1-2H3. The van der Waals surface area contributed by atoms with Crippen molar-refractivity contribution < 1.29 is 9.47 Å². The maximum Gasteiger partial charge on any atom is 0.123 e. The van der Waals surface area contributed by atoms with Gasteiger partial charge in [-0.25, -0.2) is 0 Å². The smallest absolute Gasteiger partial charge is 0.123 e. The maximum atomic E-state index is 5.99. The fraction of sp³-hybridized carbons (Fsp3) is 0.625. The zero-order valence-electron chi connectivity index (χ0n) is 11.8. The van der Waals surface area contributed by atoms with Crippen LogP contribution < -0.4 is 10.1 Å². The molecule has 3 rings (SSSR count). The Morgan fingerprint density at radius 2 is 2.26 bits per heavy atom. The lowest BCUT2D eigenvalue weighted by Gasteiger charge is -2.21. The quantitative estimate of drug-likeness (QED) is 0.903. The van der Waals surface area contributed by atoms with Gasteiger partial charge in [-0.15, -0.1) is 0 Å². The van der Waals surface area contributed by atoms with Crippen molar-refractivity contribution in [2.75, 3.05) is 13.7 Å². The molecule has 1 N–H and O–H groups in total. The maximum absolute atomic E-state index is 5.99. The van der Waals surface area contributed by atoms with Crippen LogP contribution >= 0.6 is 0 Å². The number of ether oxygens (including phenoxy) is 2. The van der Waals surface area contributed by atoms with Crippen LogP contribution in [0.15, 0.2) is 18.2 Å². The van der Waals surface area contributed by atoms with Gasteiger partial charge in [0, 0.05) is 26.1 Å². The zero-order valence-corrected chi connectivity index (χ0v) is 11.8. The summed E-state index contributed by atoms with van der Waals surface area (Å²) in [6.45, 7) is 3.05. The highest BCUT2D eigenvalue weighted by Gasteiger charge is 2.29. The minimum atomic E-state index is 0.273. The lowest BCUT2D eigenvalue weighted by Crippen LogP contribution is -2.42. The van der Waals surface area contributed by atoms with Crippen LogP contribution in [0, 0.1) is 6.92 Å². The third-order valence-electron chi connectivity index (χ3n) is 4.32. The van der Waals surface area contributed by atoms with Gasteiger partial charge in [-0.05, 0) is 37.8 Å². The first kappa shape index (κ1) is 12.9. The van der Waals surface area contributed by atoms with Crippen LogP contribution in [0.4, 0.5) is 0 Å². The third-order valence-corrected chi connectivity index (χ3v) is 4.32. The molecule has 0 radical (unpaired) electrons. The molecular weight excluding hydrogens is 238 g/mol. The normalized spacial score (nSPS) is 29.3. The van der Waals surface area contributed by atoms with E-state index in [1.54, 1.807) is 0 Å². The van der Waals surface area contributed by atoms with Crippen LogP contribution in [0.1, 0.15) is 30.4 Å². The lowest BCUT2D eigenvalue weighted by molar-refractivity contribution is 0.0812. The third kappa shape index (κ3) is 2.77. The summed E-state index contributed by atoms with van der Waals surface area (Å²) >= 11 is 0. The van der Waals surface area contributed by atoms with E-state index < -0.39 is 0 Å². The van der Waals surface area contributed by atoms with Gasteiger partial charge in [-0.2, -0.15) is 0 Å². The molecule has 3 atom stereocenters. The molecule has 0 amide bonds. The summed E-state index contributed by atoms with van der Waals surface area (Å²) in [5.74, 6) is 1.06. The summed E-state index contributed by atoms with van der Waals surface area (Å²) < 4.78 is 11.5. The minimum Gasteiger partial charge on any atom is -0.488 e. The zero-order chi connectivity index (χ0) is 13.2. The number of methoxy groups -OCH3 is 1. The second-order valence-electron chi connectivity index (χ2n) is 5.77. The topological polar surface area (TPSA) is 30.5 Å². The second-order valence-corrected chi connectivity index (χ2v) is 5.77. The largest absolute Gasteiger partial charge is 0.488 e. The molecule has 1 aliphatic carbocycles. The van der Waals surface area contributed by atoms with Crippen molar-refractivity contribution in [2.45, 2.75) is 50.9 Å². The van der Waals surface area contributed by atoms with Crippen LogP contribution in [0.5, 0.6) is 5.75 Å². The number of aryl methyl sites for hydroxylation is 1. The Balaban J connectivity index is 1.53. The fourth-order valence-electron chi connectivity index (χ4n) is 3.29. The molecule has 3 unspecified atom stereocenters. The number of fused-ring (bicyclic) bond motifs is 1. The van der Waals surface area contributed by atoms with Crippen LogP contribution in [-0.4, -0.2) is 31.9 Å². The van der Waals surface area contributed by atoms with E-state index in [2.05, 4.69) is 30.4 Å². The highest BCUT2D eigenvalue weighted by Crippen LogP contribution is 2.29. The van der Waals surface area contributed by atoms with Crippen molar-refractivity contribution >= 4 is 0 Å². The Kier molecular flexibility index (Phi) is 3.76. The van der Waals surface area contributed by atoms with Gasteiger partial charge in [0.2, 0.25) is 0 Å².